The maximum Gasteiger partial charge on any atom is 0.306 e. The molecule has 0 aromatic heterocycles. The van der Waals surface area contributed by atoms with E-state index in [0.717, 1.165) is 5.56 Å². The molecule has 6 nitrogen and oxygen atoms in total. The molecule has 1 aliphatic rings. The van der Waals surface area contributed by atoms with Gasteiger partial charge in [-0.2, -0.15) is 0 Å². The average molecular weight is 307 g/mol. The van der Waals surface area contributed by atoms with E-state index in [9.17, 15) is 9.59 Å². The summed E-state index contributed by atoms with van der Waals surface area (Å²) in [5, 5.41) is 11.8. The largest absolute Gasteiger partial charge is 0.497 e. The number of aliphatic carboxylic acids is 1. The molecule has 0 heterocycles. The zero-order valence-electron chi connectivity index (χ0n) is 12.8. The lowest BCUT2D eigenvalue weighted by molar-refractivity contribution is -0.141. The molecule has 1 aromatic rings. The third-order valence-corrected chi connectivity index (χ3v) is 4.09. The second kappa shape index (κ2) is 7.15. The number of carboxylic acids is 1. The Labute approximate surface area is 129 Å². The fourth-order valence-corrected chi connectivity index (χ4v) is 2.79. The summed E-state index contributed by atoms with van der Waals surface area (Å²) >= 11 is 0. The van der Waals surface area contributed by atoms with Crippen LogP contribution in [0, 0.1) is 11.8 Å². The van der Waals surface area contributed by atoms with Gasteiger partial charge in [-0.3, -0.25) is 9.59 Å². The molecule has 0 unspecified atom stereocenters. The van der Waals surface area contributed by atoms with Gasteiger partial charge in [-0.25, -0.2) is 0 Å². The molecule has 0 aliphatic heterocycles. The first-order valence-electron chi connectivity index (χ1n) is 7.26. The molecule has 0 spiro atoms. The second-order valence-electron chi connectivity index (χ2n) is 5.44. The van der Waals surface area contributed by atoms with Gasteiger partial charge in [0, 0.05) is 18.0 Å². The summed E-state index contributed by atoms with van der Waals surface area (Å²) in [4.78, 5) is 23.1. The van der Waals surface area contributed by atoms with Crippen LogP contribution in [-0.4, -0.2) is 31.2 Å². The Kier molecular flexibility index (Phi) is 5.25. The van der Waals surface area contributed by atoms with Crippen LogP contribution in [0.1, 0.15) is 24.8 Å². The van der Waals surface area contributed by atoms with Gasteiger partial charge < -0.3 is 19.9 Å². The van der Waals surface area contributed by atoms with Crippen LogP contribution in [0.15, 0.2) is 18.2 Å². The minimum Gasteiger partial charge on any atom is -0.497 e. The van der Waals surface area contributed by atoms with Gasteiger partial charge in [0.1, 0.15) is 11.5 Å². The van der Waals surface area contributed by atoms with E-state index in [1.165, 1.54) is 0 Å². The highest BCUT2D eigenvalue weighted by Crippen LogP contribution is 2.31. The van der Waals surface area contributed by atoms with Gasteiger partial charge in [0.15, 0.2) is 0 Å². The maximum atomic E-state index is 12.2. The van der Waals surface area contributed by atoms with E-state index in [0.29, 0.717) is 37.3 Å². The van der Waals surface area contributed by atoms with E-state index in [4.69, 9.17) is 14.6 Å². The number of hydrogen-bond acceptors (Lipinski definition) is 4. The third-order valence-electron chi connectivity index (χ3n) is 4.09. The normalized spacial score (nSPS) is 20.5. The summed E-state index contributed by atoms with van der Waals surface area (Å²) in [5.74, 6) is -0.175. The van der Waals surface area contributed by atoms with E-state index >= 15 is 0 Å². The van der Waals surface area contributed by atoms with E-state index < -0.39 is 11.9 Å². The molecule has 2 rings (SSSR count). The molecule has 120 valence electrons. The summed E-state index contributed by atoms with van der Waals surface area (Å²) in [6, 6.07) is 5.39. The fraction of sp³-hybridized carbons (Fsp3) is 0.500. The molecular weight excluding hydrogens is 286 g/mol. The highest BCUT2D eigenvalue weighted by atomic mass is 16.5. The summed E-state index contributed by atoms with van der Waals surface area (Å²) in [7, 11) is 3.15. The Morgan fingerprint density at radius 3 is 2.55 bits per heavy atom. The molecule has 22 heavy (non-hydrogen) atoms. The van der Waals surface area contributed by atoms with Gasteiger partial charge in [-0.1, -0.05) is 0 Å². The quantitative estimate of drug-likeness (QED) is 0.837. The SMILES string of the molecule is COc1ccc(OC)c(CNC(=O)[C@@H]2CC[C@H](C(=O)O)C2)c1. The topological polar surface area (TPSA) is 84.9 Å². The van der Waals surface area contributed by atoms with Gasteiger partial charge in [0.2, 0.25) is 5.91 Å². The van der Waals surface area contributed by atoms with Crippen molar-refractivity contribution >= 4 is 11.9 Å². The predicted octanol–water partition coefficient (Wildman–Crippen LogP) is 1.82. The van der Waals surface area contributed by atoms with Gasteiger partial charge in [0.25, 0.3) is 0 Å². The number of carbonyl (C=O) groups excluding carboxylic acids is 1. The molecule has 1 aliphatic carbocycles. The Balaban J connectivity index is 1.95. The number of carboxylic acid groups (broad SMARTS) is 1. The van der Waals surface area contributed by atoms with Crippen LogP contribution in [0.3, 0.4) is 0 Å². The summed E-state index contributed by atoms with van der Waals surface area (Å²) in [6.45, 7) is 0.327. The van der Waals surface area contributed by atoms with Crippen molar-refractivity contribution < 1.29 is 24.2 Å². The number of carbonyl (C=O) groups is 2. The molecule has 1 aromatic carbocycles. The van der Waals surface area contributed by atoms with E-state index in [-0.39, 0.29) is 11.8 Å². The first-order chi connectivity index (χ1) is 10.5. The van der Waals surface area contributed by atoms with Crippen molar-refractivity contribution in [3.05, 3.63) is 23.8 Å². The molecular formula is C16H21NO5. The zero-order valence-corrected chi connectivity index (χ0v) is 12.8. The minimum absolute atomic E-state index is 0.103. The maximum absolute atomic E-state index is 12.2. The van der Waals surface area contributed by atoms with Crippen LogP contribution in [-0.2, 0) is 16.1 Å². The van der Waals surface area contributed by atoms with Crippen molar-refractivity contribution in [3.8, 4) is 11.5 Å². The van der Waals surface area contributed by atoms with Crippen molar-refractivity contribution in [3.63, 3.8) is 0 Å². The number of methoxy groups -OCH3 is 2. The van der Waals surface area contributed by atoms with Crippen LogP contribution in [0.4, 0.5) is 0 Å². The van der Waals surface area contributed by atoms with Gasteiger partial charge in [0.05, 0.1) is 20.1 Å². The smallest absolute Gasteiger partial charge is 0.306 e. The Morgan fingerprint density at radius 1 is 1.23 bits per heavy atom. The number of amides is 1. The number of ether oxygens (including phenoxy) is 2. The monoisotopic (exact) mass is 307 g/mol. The molecule has 1 fully saturated rings. The first kappa shape index (κ1) is 16.1. The molecule has 0 bridgehead atoms. The summed E-state index contributed by atoms with van der Waals surface area (Å²) in [6.07, 6.45) is 1.60. The Bertz CT molecular complexity index is 557. The van der Waals surface area contributed by atoms with Crippen LogP contribution in [0.25, 0.3) is 0 Å². The highest BCUT2D eigenvalue weighted by Gasteiger charge is 2.33. The molecule has 1 saturated carbocycles. The first-order valence-corrected chi connectivity index (χ1v) is 7.26. The lowest BCUT2D eigenvalue weighted by atomic mass is 10.0. The molecule has 0 radical (unpaired) electrons. The van der Waals surface area contributed by atoms with Gasteiger partial charge >= 0.3 is 5.97 Å². The van der Waals surface area contributed by atoms with Crippen molar-refractivity contribution in [2.24, 2.45) is 11.8 Å². The molecule has 2 N–H and O–H groups in total. The number of nitrogens with one attached hydrogen (secondary N) is 1. The van der Waals surface area contributed by atoms with Crippen LogP contribution in [0.5, 0.6) is 11.5 Å². The standard InChI is InChI=1S/C16H21NO5/c1-21-13-5-6-14(22-2)12(8-13)9-17-15(18)10-3-4-11(7-10)16(19)20/h5-6,8,10-11H,3-4,7,9H2,1-2H3,(H,17,18)(H,19,20)/t10-,11+/m1/s1. The second-order valence-corrected chi connectivity index (χ2v) is 5.44. The van der Waals surface area contributed by atoms with Crippen LogP contribution < -0.4 is 14.8 Å². The fourth-order valence-electron chi connectivity index (χ4n) is 2.79. The molecule has 1 amide bonds. The van der Waals surface area contributed by atoms with Crippen molar-refractivity contribution in [1.82, 2.24) is 5.32 Å². The van der Waals surface area contributed by atoms with Gasteiger partial charge in [-0.05, 0) is 37.5 Å². The number of hydrogen-bond donors (Lipinski definition) is 2. The Hall–Kier alpha value is -2.24. The highest BCUT2D eigenvalue weighted by molar-refractivity contribution is 5.80. The molecule has 6 heteroatoms. The van der Waals surface area contributed by atoms with Gasteiger partial charge in [-0.15, -0.1) is 0 Å². The van der Waals surface area contributed by atoms with Crippen molar-refractivity contribution in [2.75, 3.05) is 14.2 Å². The lowest BCUT2D eigenvalue weighted by Gasteiger charge is -2.14. The zero-order chi connectivity index (χ0) is 16.1. The molecule has 0 saturated heterocycles. The summed E-state index contributed by atoms with van der Waals surface area (Å²) < 4.78 is 10.4. The van der Waals surface area contributed by atoms with Crippen molar-refractivity contribution in [2.45, 2.75) is 25.8 Å². The van der Waals surface area contributed by atoms with E-state index in [1.807, 2.05) is 6.07 Å². The number of rotatable bonds is 6. The predicted molar refractivity (Wildman–Crippen MR) is 79.9 cm³/mol. The van der Waals surface area contributed by atoms with E-state index in [1.54, 1.807) is 26.4 Å². The average Bonchev–Trinajstić information content (AvgIpc) is 3.02. The summed E-state index contributed by atoms with van der Waals surface area (Å²) in [5.41, 5.74) is 0.822. The minimum atomic E-state index is -0.815. The Morgan fingerprint density at radius 2 is 1.95 bits per heavy atom. The number of benzene rings is 1. The van der Waals surface area contributed by atoms with Crippen molar-refractivity contribution in [1.29, 1.82) is 0 Å². The molecule has 2 atom stereocenters. The van der Waals surface area contributed by atoms with Crippen LogP contribution in [0.2, 0.25) is 0 Å². The third kappa shape index (κ3) is 3.69. The lowest BCUT2D eigenvalue weighted by Crippen LogP contribution is -2.29. The van der Waals surface area contributed by atoms with Crippen LogP contribution >= 0.6 is 0 Å². The van der Waals surface area contributed by atoms with E-state index in [2.05, 4.69) is 5.32 Å².